The SMILES string of the molecule is COc1ccc(CN[C@H]2CCCC[C@H]2O)c(Cl)c1OC. The Labute approximate surface area is 125 Å². The van der Waals surface area contributed by atoms with E-state index in [9.17, 15) is 5.11 Å². The van der Waals surface area contributed by atoms with Gasteiger partial charge in [0.2, 0.25) is 0 Å². The molecule has 1 aromatic rings. The number of ether oxygens (including phenoxy) is 2. The topological polar surface area (TPSA) is 50.7 Å². The van der Waals surface area contributed by atoms with Crippen LogP contribution < -0.4 is 14.8 Å². The molecule has 0 aliphatic heterocycles. The summed E-state index contributed by atoms with van der Waals surface area (Å²) in [5, 5.41) is 13.9. The Morgan fingerprint density at radius 1 is 1.25 bits per heavy atom. The van der Waals surface area contributed by atoms with E-state index in [4.69, 9.17) is 21.1 Å². The first-order valence-corrected chi connectivity index (χ1v) is 7.36. The molecule has 0 unspecified atom stereocenters. The first-order valence-electron chi connectivity index (χ1n) is 6.98. The number of aliphatic hydroxyl groups excluding tert-OH is 1. The highest BCUT2D eigenvalue weighted by Gasteiger charge is 2.23. The Bertz CT molecular complexity index is 453. The van der Waals surface area contributed by atoms with Gasteiger partial charge in [-0.2, -0.15) is 0 Å². The van der Waals surface area contributed by atoms with E-state index >= 15 is 0 Å². The first kappa shape index (κ1) is 15.4. The molecule has 2 rings (SSSR count). The minimum absolute atomic E-state index is 0.146. The van der Waals surface area contributed by atoms with Gasteiger partial charge in [0.15, 0.2) is 11.5 Å². The zero-order chi connectivity index (χ0) is 14.5. The lowest BCUT2D eigenvalue weighted by molar-refractivity contribution is 0.0902. The van der Waals surface area contributed by atoms with E-state index in [-0.39, 0.29) is 12.1 Å². The van der Waals surface area contributed by atoms with Gasteiger partial charge < -0.3 is 19.9 Å². The van der Waals surface area contributed by atoms with Crippen molar-refractivity contribution < 1.29 is 14.6 Å². The zero-order valence-corrected chi connectivity index (χ0v) is 12.7. The number of rotatable bonds is 5. The van der Waals surface area contributed by atoms with Crippen molar-refractivity contribution in [3.8, 4) is 11.5 Å². The molecule has 0 radical (unpaired) electrons. The Hall–Kier alpha value is -0.970. The van der Waals surface area contributed by atoms with Gasteiger partial charge in [-0.15, -0.1) is 0 Å². The summed E-state index contributed by atoms with van der Waals surface area (Å²) < 4.78 is 10.5. The molecule has 2 atom stereocenters. The number of hydrogen-bond acceptors (Lipinski definition) is 4. The summed E-state index contributed by atoms with van der Waals surface area (Å²) in [5.74, 6) is 1.18. The summed E-state index contributed by atoms with van der Waals surface area (Å²) in [4.78, 5) is 0. The van der Waals surface area contributed by atoms with Crippen LogP contribution in [0.3, 0.4) is 0 Å². The number of benzene rings is 1. The number of aliphatic hydroxyl groups is 1. The van der Waals surface area contributed by atoms with Crippen LogP contribution in [0.1, 0.15) is 31.2 Å². The Morgan fingerprint density at radius 3 is 2.65 bits per heavy atom. The molecule has 5 heteroatoms. The normalized spacial score (nSPS) is 22.6. The van der Waals surface area contributed by atoms with Gasteiger partial charge in [0.05, 0.1) is 25.3 Å². The van der Waals surface area contributed by atoms with E-state index in [2.05, 4.69) is 5.32 Å². The number of methoxy groups -OCH3 is 2. The smallest absolute Gasteiger partial charge is 0.179 e. The molecule has 0 bridgehead atoms. The van der Waals surface area contributed by atoms with Gasteiger partial charge in [0.1, 0.15) is 0 Å². The summed E-state index contributed by atoms with van der Waals surface area (Å²) in [6, 6.07) is 3.91. The lowest BCUT2D eigenvalue weighted by Crippen LogP contribution is -2.41. The predicted molar refractivity (Wildman–Crippen MR) is 79.7 cm³/mol. The third-order valence-corrected chi connectivity index (χ3v) is 4.26. The maximum absolute atomic E-state index is 9.96. The number of halogens is 1. The standard InChI is InChI=1S/C15H22ClNO3/c1-19-13-8-7-10(14(16)15(13)20-2)9-17-11-5-3-4-6-12(11)18/h7-8,11-12,17-18H,3-6,9H2,1-2H3/t11-,12+/m0/s1. The molecule has 0 amide bonds. The molecule has 0 heterocycles. The molecule has 20 heavy (non-hydrogen) atoms. The maximum Gasteiger partial charge on any atom is 0.179 e. The molecule has 0 aromatic heterocycles. The average Bonchev–Trinajstić information content (AvgIpc) is 2.47. The molecular weight excluding hydrogens is 278 g/mol. The Morgan fingerprint density at radius 2 is 2.00 bits per heavy atom. The summed E-state index contributed by atoms with van der Waals surface area (Å²) >= 11 is 6.34. The molecule has 1 aromatic carbocycles. The van der Waals surface area contributed by atoms with E-state index in [0.29, 0.717) is 23.1 Å². The van der Waals surface area contributed by atoms with Crippen molar-refractivity contribution >= 4 is 11.6 Å². The molecule has 0 spiro atoms. The van der Waals surface area contributed by atoms with Crippen LogP contribution in [-0.2, 0) is 6.54 Å². The fourth-order valence-corrected chi connectivity index (χ4v) is 2.96. The molecule has 2 N–H and O–H groups in total. The molecular formula is C15H22ClNO3. The molecule has 0 saturated heterocycles. The van der Waals surface area contributed by atoms with Gasteiger partial charge in [0.25, 0.3) is 0 Å². The van der Waals surface area contributed by atoms with Gasteiger partial charge >= 0.3 is 0 Å². The highest BCUT2D eigenvalue weighted by atomic mass is 35.5. The highest BCUT2D eigenvalue weighted by molar-refractivity contribution is 6.33. The lowest BCUT2D eigenvalue weighted by Gasteiger charge is -2.28. The van der Waals surface area contributed by atoms with Gasteiger partial charge in [-0.25, -0.2) is 0 Å². The summed E-state index contributed by atoms with van der Waals surface area (Å²) in [6.45, 7) is 0.612. The highest BCUT2D eigenvalue weighted by Crippen LogP contribution is 2.37. The first-order chi connectivity index (χ1) is 9.67. The van der Waals surface area contributed by atoms with Crippen molar-refractivity contribution in [1.29, 1.82) is 0 Å². The monoisotopic (exact) mass is 299 g/mol. The van der Waals surface area contributed by atoms with E-state index < -0.39 is 0 Å². The molecule has 1 saturated carbocycles. The van der Waals surface area contributed by atoms with Crippen LogP contribution in [0, 0.1) is 0 Å². The second-order valence-corrected chi connectivity index (χ2v) is 5.49. The predicted octanol–water partition coefficient (Wildman–Crippen LogP) is 2.75. The third-order valence-electron chi connectivity index (χ3n) is 3.85. The quantitative estimate of drug-likeness (QED) is 0.878. The van der Waals surface area contributed by atoms with Gasteiger partial charge in [-0.1, -0.05) is 30.5 Å². The number of hydrogen-bond donors (Lipinski definition) is 2. The molecule has 112 valence electrons. The van der Waals surface area contributed by atoms with Crippen LogP contribution in [0.5, 0.6) is 11.5 Å². The van der Waals surface area contributed by atoms with E-state index in [1.807, 2.05) is 12.1 Å². The van der Waals surface area contributed by atoms with Crippen LogP contribution in [0.4, 0.5) is 0 Å². The molecule has 1 aliphatic carbocycles. The van der Waals surface area contributed by atoms with Crippen molar-refractivity contribution in [2.75, 3.05) is 14.2 Å². The van der Waals surface area contributed by atoms with Crippen molar-refractivity contribution in [3.63, 3.8) is 0 Å². The minimum Gasteiger partial charge on any atom is -0.493 e. The van der Waals surface area contributed by atoms with E-state index in [1.165, 1.54) is 0 Å². The van der Waals surface area contributed by atoms with Crippen molar-refractivity contribution in [2.24, 2.45) is 0 Å². The molecule has 4 nitrogen and oxygen atoms in total. The molecule has 1 fully saturated rings. The maximum atomic E-state index is 9.96. The summed E-state index contributed by atoms with van der Waals surface area (Å²) in [6.07, 6.45) is 3.89. The second-order valence-electron chi connectivity index (χ2n) is 5.11. The van der Waals surface area contributed by atoms with Crippen molar-refractivity contribution in [1.82, 2.24) is 5.32 Å². The largest absolute Gasteiger partial charge is 0.493 e. The van der Waals surface area contributed by atoms with Crippen LogP contribution >= 0.6 is 11.6 Å². The van der Waals surface area contributed by atoms with E-state index in [1.54, 1.807) is 14.2 Å². The summed E-state index contributed by atoms with van der Waals surface area (Å²) in [5.41, 5.74) is 0.946. The van der Waals surface area contributed by atoms with Crippen molar-refractivity contribution in [2.45, 2.75) is 44.4 Å². The van der Waals surface area contributed by atoms with Crippen LogP contribution in [-0.4, -0.2) is 31.5 Å². The minimum atomic E-state index is -0.261. The third kappa shape index (κ3) is 3.37. The summed E-state index contributed by atoms with van der Waals surface area (Å²) in [7, 11) is 3.16. The second kappa shape index (κ2) is 7.16. The fraction of sp³-hybridized carbons (Fsp3) is 0.600. The molecule has 1 aliphatic rings. The van der Waals surface area contributed by atoms with Gasteiger partial charge in [-0.05, 0) is 24.5 Å². The van der Waals surface area contributed by atoms with Crippen LogP contribution in [0.25, 0.3) is 0 Å². The van der Waals surface area contributed by atoms with Crippen LogP contribution in [0.15, 0.2) is 12.1 Å². The van der Waals surface area contributed by atoms with Crippen LogP contribution in [0.2, 0.25) is 5.02 Å². The Balaban J connectivity index is 2.06. The number of nitrogens with one attached hydrogen (secondary N) is 1. The van der Waals surface area contributed by atoms with Crippen molar-refractivity contribution in [3.05, 3.63) is 22.7 Å². The zero-order valence-electron chi connectivity index (χ0n) is 12.0. The van der Waals surface area contributed by atoms with Gasteiger partial charge in [-0.3, -0.25) is 0 Å². The lowest BCUT2D eigenvalue weighted by atomic mass is 9.92. The van der Waals surface area contributed by atoms with Gasteiger partial charge in [0, 0.05) is 12.6 Å². The fourth-order valence-electron chi connectivity index (χ4n) is 2.66. The van der Waals surface area contributed by atoms with E-state index in [0.717, 1.165) is 31.2 Å². The Kier molecular flexibility index (Phi) is 5.52. The average molecular weight is 300 g/mol.